The first-order valence-corrected chi connectivity index (χ1v) is 9.39. The number of rotatable bonds is 4. The van der Waals surface area contributed by atoms with Gasteiger partial charge < -0.3 is 5.32 Å². The van der Waals surface area contributed by atoms with Crippen LogP contribution in [0.25, 0.3) is 6.08 Å². The van der Waals surface area contributed by atoms with Crippen molar-refractivity contribution in [3.05, 3.63) is 49.2 Å². The predicted molar refractivity (Wildman–Crippen MR) is 98.9 cm³/mol. The summed E-state index contributed by atoms with van der Waals surface area (Å²) in [7, 11) is 0. The molecule has 2 heterocycles. The predicted octanol–water partition coefficient (Wildman–Crippen LogP) is 4.37. The van der Waals surface area contributed by atoms with Gasteiger partial charge in [-0.3, -0.25) is 14.9 Å². The molecule has 0 unspecified atom stereocenters. The van der Waals surface area contributed by atoms with E-state index in [1.807, 2.05) is 0 Å². The monoisotopic (exact) mass is 373 g/mol. The Morgan fingerprint density at radius 1 is 1.48 bits per heavy atom. The molecule has 1 aliphatic rings. The molecule has 0 spiro atoms. The number of thiophene rings is 2. The van der Waals surface area contributed by atoms with E-state index in [4.69, 9.17) is 0 Å². The molecule has 128 valence electrons. The average molecular weight is 373 g/mol. The Labute approximate surface area is 152 Å². The fourth-order valence-electron chi connectivity index (χ4n) is 2.80. The van der Waals surface area contributed by atoms with Gasteiger partial charge in [0.2, 0.25) is 5.91 Å². The number of hydrogen-bond donors (Lipinski definition) is 1. The van der Waals surface area contributed by atoms with Crippen molar-refractivity contribution in [2.75, 3.05) is 5.32 Å². The molecule has 0 saturated carbocycles. The first-order chi connectivity index (χ1) is 12.0. The molecule has 0 fully saturated rings. The summed E-state index contributed by atoms with van der Waals surface area (Å²) in [5.41, 5.74) is 1.64. The average Bonchev–Trinajstić information content (AvgIpc) is 3.16. The lowest BCUT2D eigenvalue weighted by Crippen LogP contribution is -2.10. The quantitative estimate of drug-likeness (QED) is 0.489. The first kappa shape index (κ1) is 17.3. The Morgan fingerprint density at radius 3 is 2.96 bits per heavy atom. The number of nitro groups is 1. The number of nitriles is 1. The number of amides is 1. The number of carbonyl (C=O) groups is 1. The maximum atomic E-state index is 12.1. The van der Waals surface area contributed by atoms with Crippen molar-refractivity contribution < 1.29 is 9.72 Å². The maximum absolute atomic E-state index is 12.1. The smallest absolute Gasteiger partial charge is 0.313 e. The van der Waals surface area contributed by atoms with Gasteiger partial charge >= 0.3 is 5.00 Å². The zero-order valence-electron chi connectivity index (χ0n) is 13.4. The number of carbonyl (C=O) groups excluding carboxylic acids is 1. The molecule has 0 bridgehead atoms. The third-order valence-corrected chi connectivity index (χ3v) is 6.22. The van der Waals surface area contributed by atoms with Crippen LogP contribution in [0.3, 0.4) is 0 Å². The van der Waals surface area contributed by atoms with E-state index in [1.54, 1.807) is 6.07 Å². The van der Waals surface area contributed by atoms with Crippen molar-refractivity contribution in [2.24, 2.45) is 5.92 Å². The van der Waals surface area contributed by atoms with Crippen molar-refractivity contribution in [2.45, 2.75) is 26.2 Å². The summed E-state index contributed by atoms with van der Waals surface area (Å²) in [6.45, 7) is 2.19. The highest BCUT2D eigenvalue weighted by Crippen LogP contribution is 2.39. The van der Waals surface area contributed by atoms with Gasteiger partial charge in [-0.05, 0) is 42.9 Å². The third-order valence-electron chi connectivity index (χ3n) is 4.05. The van der Waals surface area contributed by atoms with E-state index in [-0.39, 0.29) is 10.9 Å². The SMILES string of the molecule is C[C@@H]1CCc2c(sc(NC(=O)/C=C/c3ccc([N+](=O)[O-])s3)c2C#N)C1. The van der Waals surface area contributed by atoms with Gasteiger partial charge in [-0.1, -0.05) is 18.3 Å². The van der Waals surface area contributed by atoms with Crippen LogP contribution in [0, 0.1) is 27.4 Å². The molecule has 0 aliphatic heterocycles. The molecular weight excluding hydrogens is 358 g/mol. The summed E-state index contributed by atoms with van der Waals surface area (Å²) in [5, 5.41) is 23.5. The van der Waals surface area contributed by atoms with Crippen molar-refractivity contribution in [1.29, 1.82) is 5.26 Å². The summed E-state index contributed by atoms with van der Waals surface area (Å²) in [6, 6.07) is 5.22. The van der Waals surface area contributed by atoms with Crippen molar-refractivity contribution in [3.8, 4) is 6.07 Å². The second kappa shape index (κ2) is 7.17. The van der Waals surface area contributed by atoms with Gasteiger partial charge in [-0.15, -0.1) is 11.3 Å². The fourth-order valence-corrected chi connectivity index (χ4v) is 4.89. The number of hydrogen-bond acceptors (Lipinski definition) is 6. The number of nitrogens with one attached hydrogen (secondary N) is 1. The fraction of sp³-hybridized carbons (Fsp3) is 0.294. The highest BCUT2D eigenvalue weighted by atomic mass is 32.1. The van der Waals surface area contributed by atoms with E-state index < -0.39 is 4.92 Å². The minimum atomic E-state index is -0.460. The molecule has 1 aliphatic carbocycles. The van der Waals surface area contributed by atoms with Crippen LogP contribution in [-0.2, 0) is 17.6 Å². The minimum Gasteiger partial charge on any atom is -0.313 e. The molecule has 2 aromatic heterocycles. The van der Waals surface area contributed by atoms with Gasteiger partial charge in [0.25, 0.3) is 0 Å². The normalized spacial score (nSPS) is 16.4. The third kappa shape index (κ3) is 3.78. The molecule has 0 radical (unpaired) electrons. The van der Waals surface area contributed by atoms with Gasteiger partial charge in [0, 0.05) is 21.9 Å². The molecule has 1 atom stereocenters. The zero-order valence-corrected chi connectivity index (χ0v) is 15.1. The Kier molecular flexibility index (Phi) is 4.97. The molecule has 1 N–H and O–H groups in total. The molecule has 0 aromatic carbocycles. The van der Waals surface area contributed by atoms with Gasteiger partial charge in [-0.2, -0.15) is 5.26 Å². The van der Waals surface area contributed by atoms with E-state index in [2.05, 4.69) is 18.3 Å². The molecule has 1 amide bonds. The molecule has 0 saturated heterocycles. The molecule has 25 heavy (non-hydrogen) atoms. The summed E-state index contributed by atoms with van der Waals surface area (Å²) in [5.74, 6) is 0.245. The van der Waals surface area contributed by atoms with Crippen LogP contribution in [0.1, 0.15) is 34.2 Å². The topological polar surface area (TPSA) is 96.0 Å². The van der Waals surface area contributed by atoms with Crippen molar-refractivity contribution in [3.63, 3.8) is 0 Å². The first-order valence-electron chi connectivity index (χ1n) is 7.76. The Hall–Kier alpha value is -2.50. The standard InChI is InChI=1S/C17H15N3O3S2/c1-10-2-5-12-13(9-18)17(25-14(12)8-10)19-15(21)6-3-11-4-7-16(24-11)20(22)23/h3-4,6-7,10H,2,5,8H2,1H3,(H,19,21)/b6-3+/t10-/m1/s1. The summed E-state index contributed by atoms with van der Waals surface area (Å²) >= 11 is 2.48. The van der Waals surface area contributed by atoms with E-state index >= 15 is 0 Å². The van der Waals surface area contributed by atoms with Crippen LogP contribution in [0.4, 0.5) is 10.0 Å². The Bertz CT molecular complexity index is 905. The van der Waals surface area contributed by atoms with Gasteiger partial charge in [0.05, 0.1) is 10.5 Å². The van der Waals surface area contributed by atoms with Crippen molar-refractivity contribution >= 4 is 44.7 Å². The Balaban J connectivity index is 1.73. The highest BCUT2D eigenvalue weighted by Gasteiger charge is 2.24. The van der Waals surface area contributed by atoms with E-state index in [0.29, 0.717) is 21.4 Å². The molecular formula is C17H15N3O3S2. The number of nitrogens with zero attached hydrogens (tertiary/aromatic N) is 2. The molecule has 8 heteroatoms. The van der Waals surface area contributed by atoms with E-state index in [0.717, 1.165) is 36.2 Å². The molecule has 6 nitrogen and oxygen atoms in total. The Morgan fingerprint density at radius 2 is 2.28 bits per heavy atom. The minimum absolute atomic E-state index is 0.0341. The van der Waals surface area contributed by atoms with E-state index in [9.17, 15) is 20.2 Å². The van der Waals surface area contributed by atoms with Crippen LogP contribution in [0.5, 0.6) is 0 Å². The van der Waals surface area contributed by atoms with Gasteiger partial charge in [0.1, 0.15) is 11.1 Å². The largest absolute Gasteiger partial charge is 0.324 e. The van der Waals surface area contributed by atoms with Crippen LogP contribution in [-0.4, -0.2) is 10.8 Å². The van der Waals surface area contributed by atoms with Crippen LogP contribution >= 0.6 is 22.7 Å². The summed E-state index contributed by atoms with van der Waals surface area (Å²) in [6.07, 6.45) is 5.75. The van der Waals surface area contributed by atoms with Crippen LogP contribution in [0.15, 0.2) is 18.2 Å². The molecule has 3 rings (SSSR count). The lowest BCUT2D eigenvalue weighted by atomic mass is 9.89. The highest BCUT2D eigenvalue weighted by molar-refractivity contribution is 7.17. The van der Waals surface area contributed by atoms with Crippen LogP contribution in [0.2, 0.25) is 0 Å². The van der Waals surface area contributed by atoms with Crippen LogP contribution < -0.4 is 5.32 Å². The lowest BCUT2D eigenvalue weighted by Gasteiger charge is -2.17. The zero-order chi connectivity index (χ0) is 18.0. The van der Waals surface area contributed by atoms with E-state index in [1.165, 1.54) is 34.4 Å². The van der Waals surface area contributed by atoms with Crippen molar-refractivity contribution in [1.82, 2.24) is 0 Å². The summed E-state index contributed by atoms with van der Waals surface area (Å²) < 4.78 is 0. The van der Waals surface area contributed by atoms with Gasteiger partial charge in [0.15, 0.2) is 0 Å². The molecule has 2 aromatic rings. The summed E-state index contributed by atoms with van der Waals surface area (Å²) in [4.78, 5) is 24.2. The van der Waals surface area contributed by atoms with Gasteiger partial charge in [-0.25, -0.2) is 0 Å². The second-order valence-corrected chi connectivity index (χ2v) is 8.12. The number of anilines is 1. The maximum Gasteiger partial charge on any atom is 0.324 e. The lowest BCUT2D eigenvalue weighted by molar-refractivity contribution is -0.380. The number of fused-ring (bicyclic) bond motifs is 1. The second-order valence-electron chi connectivity index (χ2n) is 5.92.